The zero-order valence-electron chi connectivity index (χ0n) is 7.60. The van der Waals surface area contributed by atoms with E-state index in [9.17, 15) is 0 Å². The number of aromatic amines is 1. The monoisotopic (exact) mass is 188 g/mol. The number of nitrogens with zero attached hydrogens (tertiary/aromatic N) is 5. The Morgan fingerprint density at radius 2 is 2.50 bits per heavy atom. The first-order valence-corrected chi connectivity index (χ1v) is 4.08. The molecule has 14 heavy (non-hydrogen) atoms. The van der Waals surface area contributed by atoms with Crippen molar-refractivity contribution in [3.63, 3.8) is 0 Å². The fourth-order valence-electron chi connectivity index (χ4n) is 1.10. The molecule has 2 aromatic heterocycles. The second kappa shape index (κ2) is 3.30. The van der Waals surface area contributed by atoms with Crippen molar-refractivity contribution in [3.8, 4) is 17.6 Å². The first kappa shape index (κ1) is 8.44. The first-order valence-electron chi connectivity index (χ1n) is 4.08. The molecule has 0 unspecified atom stereocenters. The van der Waals surface area contributed by atoms with Crippen LogP contribution >= 0.6 is 0 Å². The standard InChI is InChI=1S/C8H8N6/c1-14-5-3-6(13-14)8-10-7(2-4-9)11-12-8/h3,5H,2H2,1H3,(H,10,11,12). The van der Waals surface area contributed by atoms with Crippen molar-refractivity contribution in [2.45, 2.75) is 6.42 Å². The second-order valence-electron chi connectivity index (χ2n) is 2.82. The Morgan fingerprint density at radius 3 is 3.14 bits per heavy atom. The highest BCUT2D eigenvalue weighted by Crippen LogP contribution is 2.10. The van der Waals surface area contributed by atoms with Gasteiger partial charge in [-0.05, 0) is 6.07 Å². The Kier molecular flexibility index (Phi) is 1.99. The SMILES string of the molecule is Cn1ccc(-c2n[nH]c(CC#N)n2)n1. The minimum Gasteiger partial charge on any atom is -0.275 e. The quantitative estimate of drug-likeness (QED) is 0.733. The highest BCUT2D eigenvalue weighted by Gasteiger charge is 2.07. The molecule has 0 aliphatic heterocycles. The molecule has 0 aromatic carbocycles. The molecular weight excluding hydrogens is 180 g/mol. The van der Waals surface area contributed by atoms with E-state index in [1.165, 1.54) is 0 Å². The van der Waals surface area contributed by atoms with Crippen LogP contribution in [0.5, 0.6) is 0 Å². The van der Waals surface area contributed by atoms with Crippen LogP contribution in [0, 0.1) is 11.3 Å². The molecule has 0 saturated heterocycles. The van der Waals surface area contributed by atoms with Crippen LogP contribution in [0.1, 0.15) is 5.82 Å². The van der Waals surface area contributed by atoms with Crippen molar-refractivity contribution in [1.82, 2.24) is 25.0 Å². The minimum absolute atomic E-state index is 0.236. The number of aryl methyl sites for hydroxylation is 1. The normalized spacial score (nSPS) is 10.0. The summed E-state index contributed by atoms with van der Waals surface area (Å²) in [7, 11) is 1.83. The summed E-state index contributed by atoms with van der Waals surface area (Å²) >= 11 is 0. The Labute approximate surface area is 80.2 Å². The van der Waals surface area contributed by atoms with Gasteiger partial charge in [0.05, 0.1) is 12.5 Å². The van der Waals surface area contributed by atoms with Crippen LogP contribution in [0.15, 0.2) is 12.3 Å². The Morgan fingerprint density at radius 1 is 1.64 bits per heavy atom. The first-order chi connectivity index (χ1) is 6.79. The average Bonchev–Trinajstić information content (AvgIpc) is 2.74. The summed E-state index contributed by atoms with van der Waals surface area (Å²) in [6.45, 7) is 0. The molecule has 6 nitrogen and oxygen atoms in total. The van der Waals surface area contributed by atoms with E-state index in [0.29, 0.717) is 17.3 Å². The summed E-state index contributed by atoms with van der Waals surface area (Å²) in [5.41, 5.74) is 0.702. The van der Waals surface area contributed by atoms with E-state index >= 15 is 0 Å². The maximum atomic E-state index is 8.45. The summed E-state index contributed by atoms with van der Waals surface area (Å²) in [4.78, 5) is 4.12. The Bertz CT molecular complexity index is 474. The van der Waals surface area contributed by atoms with Gasteiger partial charge in [-0.25, -0.2) is 4.98 Å². The lowest BCUT2D eigenvalue weighted by atomic mass is 10.4. The predicted molar refractivity (Wildman–Crippen MR) is 47.9 cm³/mol. The van der Waals surface area contributed by atoms with Crippen LogP contribution < -0.4 is 0 Å². The molecule has 0 spiro atoms. The van der Waals surface area contributed by atoms with E-state index in [1.54, 1.807) is 4.68 Å². The lowest BCUT2D eigenvalue weighted by molar-refractivity contribution is 0.769. The third-order valence-corrected chi connectivity index (χ3v) is 1.72. The Hall–Kier alpha value is -2.16. The molecule has 0 aliphatic carbocycles. The predicted octanol–water partition coefficient (Wildman–Crippen LogP) is 0.271. The van der Waals surface area contributed by atoms with Gasteiger partial charge in [0.25, 0.3) is 0 Å². The van der Waals surface area contributed by atoms with Crippen LogP contribution in [0.25, 0.3) is 11.5 Å². The molecule has 0 radical (unpaired) electrons. The van der Waals surface area contributed by atoms with Crippen molar-refractivity contribution in [2.75, 3.05) is 0 Å². The maximum Gasteiger partial charge on any atom is 0.201 e. The molecule has 0 saturated carbocycles. The smallest absolute Gasteiger partial charge is 0.201 e. The summed E-state index contributed by atoms with van der Waals surface area (Å²) < 4.78 is 1.68. The zero-order valence-corrected chi connectivity index (χ0v) is 7.60. The van der Waals surface area contributed by atoms with Crippen molar-refractivity contribution in [2.24, 2.45) is 7.05 Å². The lowest BCUT2D eigenvalue weighted by Crippen LogP contribution is -1.89. The van der Waals surface area contributed by atoms with Gasteiger partial charge in [0.2, 0.25) is 5.82 Å². The minimum atomic E-state index is 0.236. The van der Waals surface area contributed by atoms with Gasteiger partial charge in [-0.15, -0.1) is 0 Å². The van der Waals surface area contributed by atoms with Gasteiger partial charge in [0, 0.05) is 13.2 Å². The maximum absolute atomic E-state index is 8.45. The molecular formula is C8H8N6. The largest absolute Gasteiger partial charge is 0.275 e. The number of hydrogen-bond donors (Lipinski definition) is 1. The molecule has 0 bridgehead atoms. The molecule has 70 valence electrons. The molecule has 0 amide bonds. The number of nitriles is 1. The van der Waals surface area contributed by atoms with Gasteiger partial charge in [-0.1, -0.05) is 0 Å². The topological polar surface area (TPSA) is 83.2 Å². The van der Waals surface area contributed by atoms with Crippen LogP contribution in [-0.4, -0.2) is 25.0 Å². The molecule has 2 rings (SSSR count). The van der Waals surface area contributed by atoms with Gasteiger partial charge < -0.3 is 0 Å². The van der Waals surface area contributed by atoms with Gasteiger partial charge >= 0.3 is 0 Å². The molecule has 1 N–H and O–H groups in total. The van der Waals surface area contributed by atoms with Crippen LogP contribution in [0.2, 0.25) is 0 Å². The third kappa shape index (κ3) is 1.47. The number of rotatable bonds is 2. The van der Waals surface area contributed by atoms with E-state index in [4.69, 9.17) is 5.26 Å². The Balaban J connectivity index is 2.30. The summed E-state index contributed by atoms with van der Waals surface area (Å²) in [6.07, 6.45) is 2.05. The fraction of sp³-hybridized carbons (Fsp3) is 0.250. The highest BCUT2D eigenvalue weighted by molar-refractivity contribution is 5.47. The van der Waals surface area contributed by atoms with Crippen molar-refractivity contribution in [1.29, 1.82) is 5.26 Å². The van der Waals surface area contributed by atoms with Crippen molar-refractivity contribution < 1.29 is 0 Å². The number of hydrogen-bond acceptors (Lipinski definition) is 4. The fourth-order valence-corrected chi connectivity index (χ4v) is 1.10. The number of aromatic nitrogens is 5. The van der Waals surface area contributed by atoms with E-state index < -0.39 is 0 Å². The molecule has 0 aliphatic rings. The summed E-state index contributed by atoms with van der Waals surface area (Å²) in [5, 5.41) is 19.2. The van der Waals surface area contributed by atoms with Crippen molar-refractivity contribution >= 4 is 0 Å². The lowest BCUT2D eigenvalue weighted by Gasteiger charge is -1.85. The second-order valence-corrected chi connectivity index (χ2v) is 2.82. The van der Waals surface area contributed by atoms with E-state index in [2.05, 4.69) is 20.3 Å². The number of nitrogens with one attached hydrogen (secondary N) is 1. The van der Waals surface area contributed by atoms with Crippen LogP contribution in [-0.2, 0) is 13.5 Å². The zero-order chi connectivity index (χ0) is 9.97. The third-order valence-electron chi connectivity index (χ3n) is 1.72. The summed E-state index contributed by atoms with van der Waals surface area (Å²) in [5.74, 6) is 1.09. The molecule has 2 heterocycles. The highest BCUT2D eigenvalue weighted by atomic mass is 15.3. The van der Waals surface area contributed by atoms with Crippen LogP contribution in [0.4, 0.5) is 0 Å². The average molecular weight is 188 g/mol. The molecule has 6 heteroatoms. The molecule has 2 aromatic rings. The number of H-pyrrole nitrogens is 1. The van der Waals surface area contributed by atoms with E-state index in [1.807, 2.05) is 25.4 Å². The van der Waals surface area contributed by atoms with Crippen LogP contribution in [0.3, 0.4) is 0 Å². The van der Waals surface area contributed by atoms with Gasteiger partial charge in [0.1, 0.15) is 11.5 Å². The summed E-state index contributed by atoms with van der Waals surface area (Å²) in [6, 6.07) is 3.81. The van der Waals surface area contributed by atoms with Gasteiger partial charge in [0.15, 0.2) is 0 Å². The molecule has 0 fully saturated rings. The van der Waals surface area contributed by atoms with Gasteiger partial charge in [-0.3, -0.25) is 9.78 Å². The molecule has 0 atom stereocenters. The van der Waals surface area contributed by atoms with E-state index in [0.717, 1.165) is 0 Å². The van der Waals surface area contributed by atoms with Gasteiger partial charge in [-0.2, -0.15) is 15.5 Å². The van der Waals surface area contributed by atoms with E-state index in [-0.39, 0.29) is 6.42 Å². The van der Waals surface area contributed by atoms with Crippen molar-refractivity contribution in [3.05, 3.63) is 18.1 Å².